The normalized spacial score (nSPS) is 11.6. The van der Waals surface area contributed by atoms with Crippen LogP contribution >= 0.6 is 0 Å². The summed E-state index contributed by atoms with van der Waals surface area (Å²) in [5.41, 5.74) is 14.8. The molecule has 0 amide bonds. The zero-order chi connectivity index (χ0) is 37.7. The Morgan fingerprint density at radius 3 is 1.56 bits per heavy atom. The van der Waals surface area contributed by atoms with Crippen molar-refractivity contribution in [2.24, 2.45) is 10.8 Å². The summed E-state index contributed by atoms with van der Waals surface area (Å²) >= 11 is 0. The number of fused-ring (bicyclic) bond motifs is 4. The minimum absolute atomic E-state index is 0.0133. The zero-order valence-corrected chi connectivity index (χ0v) is 30.1. The van der Waals surface area contributed by atoms with Crippen molar-refractivity contribution in [1.29, 1.82) is 0 Å². The molecule has 0 saturated carbocycles. The van der Waals surface area contributed by atoms with Crippen LogP contribution in [-0.2, 0) is 19.7 Å². The van der Waals surface area contributed by atoms with E-state index < -0.39 is 19.7 Å². The Balaban J connectivity index is 0.000000167. The molecule has 8 aromatic rings. The van der Waals surface area contributed by atoms with Gasteiger partial charge < -0.3 is 15.2 Å². The Bertz CT molecular complexity index is 2910. The lowest BCUT2D eigenvalue weighted by Crippen LogP contribution is -2.10. The van der Waals surface area contributed by atoms with Crippen LogP contribution in [0.2, 0.25) is 0 Å². The second-order valence-corrected chi connectivity index (χ2v) is 15.6. The van der Waals surface area contributed by atoms with Gasteiger partial charge in [0.25, 0.3) is 0 Å². The minimum atomic E-state index is -3.83. The number of aromatic nitrogens is 4. The highest BCUT2D eigenvalue weighted by molar-refractivity contribution is 7.92. The summed E-state index contributed by atoms with van der Waals surface area (Å²) in [4.78, 5) is 3.12. The molecule has 0 saturated heterocycles. The molecular formula is C38H32N8O6S2. The molecule has 0 fully saturated rings. The predicted octanol–water partition coefficient (Wildman–Crippen LogP) is 7.12. The van der Waals surface area contributed by atoms with Crippen molar-refractivity contribution >= 4 is 63.0 Å². The summed E-state index contributed by atoms with van der Waals surface area (Å²) in [6.07, 6.45) is 0. The summed E-state index contributed by atoms with van der Waals surface area (Å²) in [6, 6.07) is 35.3. The topological polar surface area (TPSA) is 219 Å². The average molecular weight is 761 g/mol. The van der Waals surface area contributed by atoms with Crippen LogP contribution in [-0.4, -0.2) is 63.5 Å². The fraction of sp³-hybridized carbons (Fsp3) is 0.105. The monoisotopic (exact) mass is 760 g/mol. The number of sulfone groups is 2. The highest BCUT2D eigenvalue weighted by Gasteiger charge is 2.26. The van der Waals surface area contributed by atoms with Crippen LogP contribution in [0.15, 0.2) is 146 Å². The molecule has 2 heterocycles. The van der Waals surface area contributed by atoms with E-state index in [0.29, 0.717) is 57.2 Å². The van der Waals surface area contributed by atoms with Gasteiger partial charge in [0.1, 0.15) is 18.1 Å². The van der Waals surface area contributed by atoms with E-state index in [1.807, 2.05) is 48.5 Å². The number of ether oxygens (including phenoxy) is 2. The maximum atomic E-state index is 13.4. The maximum absolute atomic E-state index is 13.4. The van der Waals surface area contributed by atoms with Gasteiger partial charge in [-0.1, -0.05) is 77.9 Å². The van der Waals surface area contributed by atoms with Crippen molar-refractivity contribution in [3.05, 3.63) is 132 Å². The first kappa shape index (κ1) is 35.9. The van der Waals surface area contributed by atoms with Gasteiger partial charge in [-0.3, -0.25) is 10.2 Å². The molecule has 4 N–H and O–H groups in total. The third-order valence-electron chi connectivity index (χ3n) is 8.51. The van der Waals surface area contributed by atoms with Crippen LogP contribution in [0.1, 0.15) is 0 Å². The molecule has 0 atom stereocenters. The van der Waals surface area contributed by atoms with Crippen LogP contribution in [0.3, 0.4) is 0 Å². The standard InChI is InChI=1S/C19H15N5O3S.C19H17N3O3S/c20-24-21-10-11-27-14-8-9-17-16(12-14)19(23-22-17)28(25,26)18-7-3-5-13-4-1-2-6-15(13)18;20-10-11-25-14-8-9-17-16(12-14)19(22-21-17)26(23,24)18-7-3-5-13-4-1-2-6-15(13)18/h1-9,12H,10-11H2,(H,22,23);1-9,12H,10-11,20H2,(H,21,22). The number of hydrogen-bond donors (Lipinski definition) is 3. The molecule has 0 radical (unpaired) electrons. The second kappa shape index (κ2) is 15.3. The molecule has 0 aliphatic carbocycles. The Morgan fingerprint density at radius 1 is 0.611 bits per heavy atom. The molecule has 2 aromatic heterocycles. The van der Waals surface area contributed by atoms with Gasteiger partial charge in [0.2, 0.25) is 19.7 Å². The maximum Gasteiger partial charge on any atom is 0.224 e. The number of aromatic amines is 2. The zero-order valence-electron chi connectivity index (χ0n) is 28.5. The number of nitrogens with zero attached hydrogens (tertiary/aromatic N) is 5. The number of nitrogens with two attached hydrogens (primary N) is 1. The summed E-state index contributed by atoms with van der Waals surface area (Å²) in [5.74, 6) is 1.02. The van der Waals surface area contributed by atoms with Gasteiger partial charge in [-0.25, -0.2) is 16.8 Å². The van der Waals surface area contributed by atoms with Crippen LogP contribution in [0.4, 0.5) is 0 Å². The lowest BCUT2D eigenvalue weighted by Gasteiger charge is -2.08. The molecule has 0 bridgehead atoms. The second-order valence-electron chi connectivity index (χ2n) is 11.9. The van der Waals surface area contributed by atoms with E-state index in [1.165, 1.54) is 0 Å². The first-order valence-corrected chi connectivity index (χ1v) is 19.6. The fourth-order valence-corrected chi connectivity index (χ4v) is 9.17. The molecule has 0 spiro atoms. The van der Waals surface area contributed by atoms with E-state index in [9.17, 15) is 16.8 Å². The number of rotatable bonds is 11. The quantitative estimate of drug-likeness (QED) is 0.0528. The van der Waals surface area contributed by atoms with E-state index in [-0.39, 0.29) is 33.0 Å². The minimum Gasteiger partial charge on any atom is -0.493 e. The van der Waals surface area contributed by atoms with E-state index in [1.54, 1.807) is 72.8 Å². The van der Waals surface area contributed by atoms with Crippen molar-refractivity contribution in [1.82, 2.24) is 20.4 Å². The van der Waals surface area contributed by atoms with Gasteiger partial charge >= 0.3 is 0 Å². The van der Waals surface area contributed by atoms with Crippen molar-refractivity contribution < 1.29 is 26.3 Å². The third-order valence-corrected chi connectivity index (χ3v) is 12.1. The Hall–Kier alpha value is -6.45. The first-order chi connectivity index (χ1) is 26.2. The molecule has 14 nitrogen and oxygen atoms in total. The summed E-state index contributed by atoms with van der Waals surface area (Å²) in [6.45, 7) is 1.11. The Morgan fingerprint density at radius 2 is 1.07 bits per heavy atom. The van der Waals surface area contributed by atoms with Gasteiger partial charge in [-0.2, -0.15) is 10.2 Å². The lowest BCUT2D eigenvalue weighted by atomic mass is 10.1. The summed E-state index contributed by atoms with van der Waals surface area (Å²) in [7, 11) is -7.62. The van der Waals surface area contributed by atoms with E-state index in [4.69, 9.17) is 20.7 Å². The summed E-state index contributed by atoms with van der Waals surface area (Å²) < 4.78 is 64.4. The molecule has 8 rings (SSSR count). The molecule has 54 heavy (non-hydrogen) atoms. The van der Waals surface area contributed by atoms with Gasteiger partial charge in [-0.05, 0) is 64.8 Å². The van der Waals surface area contributed by atoms with Crippen LogP contribution in [0.25, 0.3) is 53.8 Å². The molecule has 0 aliphatic rings. The van der Waals surface area contributed by atoms with Gasteiger partial charge in [0, 0.05) is 33.0 Å². The van der Waals surface area contributed by atoms with Crippen LogP contribution < -0.4 is 15.2 Å². The molecule has 16 heteroatoms. The van der Waals surface area contributed by atoms with E-state index in [2.05, 4.69) is 30.4 Å². The van der Waals surface area contributed by atoms with E-state index in [0.717, 1.165) is 10.8 Å². The first-order valence-electron chi connectivity index (χ1n) is 16.6. The molecular weight excluding hydrogens is 729 g/mol. The Kier molecular flexibility index (Phi) is 10.2. The lowest BCUT2D eigenvalue weighted by molar-refractivity contribution is 0.328. The van der Waals surface area contributed by atoms with Gasteiger partial charge in [-0.15, -0.1) is 0 Å². The predicted molar refractivity (Wildman–Crippen MR) is 205 cm³/mol. The van der Waals surface area contributed by atoms with Crippen molar-refractivity contribution in [2.75, 3.05) is 26.3 Å². The molecule has 0 aliphatic heterocycles. The summed E-state index contributed by atoms with van der Waals surface area (Å²) in [5, 5.41) is 21.0. The number of azide groups is 1. The van der Waals surface area contributed by atoms with Gasteiger partial charge in [0.15, 0.2) is 10.1 Å². The largest absolute Gasteiger partial charge is 0.493 e. The number of hydrogen-bond acceptors (Lipinski definition) is 10. The number of H-pyrrole nitrogens is 2. The van der Waals surface area contributed by atoms with Crippen molar-refractivity contribution in [3.8, 4) is 11.5 Å². The highest BCUT2D eigenvalue weighted by atomic mass is 32.2. The number of nitrogens with one attached hydrogen (secondary N) is 2. The van der Waals surface area contributed by atoms with Crippen molar-refractivity contribution in [2.45, 2.75) is 19.8 Å². The Labute approximate surface area is 309 Å². The van der Waals surface area contributed by atoms with Crippen LogP contribution in [0.5, 0.6) is 11.5 Å². The number of benzene rings is 6. The highest BCUT2D eigenvalue weighted by Crippen LogP contribution is 2.34. The molecule has 0 unspecified atom stereocenters. The fourth-order valence-electron chi connectivity index (χ4n) is 6.03. The molecule has 6 aromatic carbocycles. The SMILES string of the molecule is NCCOc1ccc2n[nH]c(S(=O)(=O)c3cccc4ccccc34)c2c1.[N-]=[N+]=NCCOc1ccc2n[nH]c(S(=O)(=O)c3cccc4ccccc34)c2c1. The van der Waals surface area contributed by atoms with Gasteiger partial charge in [0.05, 0.1) is 34.0 Å². The third kappa shape index (κ3) is 7.01. The smallest absolute Gasteiger partial charge is 0.224 e. The van der Waals surface area contributed by atoms with Crippen molar-refractivity contribution in [3.63, 3.8) is 0 Å². The molecule has 272 valence electrons. The van der Waals surface area contributed by atoms with E-state index >= 15 is 0 Å². The average Bonchev–Trinajstić information content (AvgIpc) is 3.84. The van der Waals surface area contributed by atoms with Crippen LogP contribution in [0, 0.1) is 0 Å².